The Hall–Kier alpha value is 2.69. The molecule has 0 saturated heterocycles. The van der Waals surface area contributed by atoms with Crippen molar-refractivity contribution in [1.29, 1.82) is 0 Å². The van der Waals surface area contributed by atoms with Crippen LogP contribution in [-0.2, 0) is 0 Å². The molecule has 4 rings (SSSR count). The standard InChI is InChI=1S/C8H5P12/c1-2-19(18-11-1)7-8(15-17-14-7)20-4-10-6(16-20)5-9-3-12-13-5/h1-4,12H. The van der Waals surface area contributed by atoms with Crippen molar-refractivity contribution in [3.8, 4) is 10.1 Å². The molecule has 20 heavy (non-hydrogen) atoms. The van der Waals surface area contributed by atoms with Gasteiger partial charge in [-0.2, -0.15) is 0 Å². The Morgan fingerprint density at radius 3 is 2.65 bits per heavy atom. The lowest BCUT2D eigenvalue weighted by Gasteiger charge is -2.03. The van der Waals surface area contributed by atoms with Crippen LogP contribution >= 0.6 is 93.6 Å². The van der Waals surface area contributed by atoms with Crippen LogP contribution < -0.4 is 0 Å². The molecule has 0 nitrogen and oxygen atoms in total. The molecule has 0 spiro atoms. The number of hydrogen-bond acceptors (Lipinski definition) is 0. The zero-order valence-corrected chi connectivity index (χ0v) is 20.6. The fourth-order valence-electron chi connectivity index (χ4n) is 1.60. The first-order valence-electron chi connectivity index (χ1n) is 5.43. The van der Waals surface area contributed by atoms with Crippen LogP contribution in [0.3, 0.4) is 0 Å². The van der Waals surface area contributed by atoms with Crippen LogP contribution in [0.1, 0.15) is 0 Å². The summed E-state index contributed by atoms with van der Waals surface area (Å²) in [5.74, 6) is 4.89. The molecule has 3 unspecified atom stereocenters. The molecule has 0 aromatic carbocycles. The van der Waals surface area contributed by atoms with Gasteiger partial charge in [0, 0.05) is 23.1 Å². The highest BCUT2D eigenvalue weighted by Gasteiger charge is 2.18. The van der Waals surface area contributed by atoms with E-state index in [1.807, 2.05) is 10.1 Å². The molecule has 3 aromatic rings. The maximum atomic E-state index is 2.65. The van der Waals surface area contributed by atoms with E-state index in [0.29, 0.717) is 0 Å². The van der Waals surface area contributed by atoms with Crippen LogP contribution in [0.15, 0.2) is 22.7 Å². The van der Waals surface area contributed by atoms with Gasteiger partial charge in [0.2, 0.25) is 0 Å². The SMILES string of the molecule is c1cp(C2=P[P]P=C2p2cpc(-c3pc[pH]p3)p2)pp1. The predicted octanol–water partition coefficient (Wildman–Crippen LogP) is 11.2. The van der Waals surface area contributed by atoms with E-state index < -0.39 is 0 Å². The highest BCUT2D eigenvalue weighted by Crippen LogP contribution is 2.67. The van der Waals surface area contributed by atoms with Crippen molar-refractivity contribution in [3.63, 3.8) is 0 Å². The largest absolute Gasteiger partial charge is 0.105 e. The summed E-state index contributed by atoms with van der Waals surface area (Å²) >= 11 is 0. The van der Waals surface area contributed by atoms with Crippen LogP contribution in [0.2, 0.25) is 0 Å². The second-order valence-corrected chi connectivity index (χ2v) is 25.5. The van der Waals surface area contributed by atoms with E-state index in [4.69, 9.17) is 0 Å². The van der Waals surface area contributed by atoms with E-state index >= 15 is 0 Å². The van der Waals surface area contributed by atoms with Crippen LogP contribution in [0.5, 0.6) is 0 Å². The van der Waals surface area contributed by atoms with Crippen LogP contribution in [0, 0.1) is 0 Å². The van der Waals surface area contributed by atoms with E-state index in [1.54, 1.807) is 65.3 Å². The minimum Gasteiger partial charge on any atom is -0.105 e. The third-order valence-corrected chi connectivity index (χ3v) is 31.2. The van der Waals surface area contributed by atoms with Crippen molar-refractivity contribution in [2.45, 2.75) is 0 Å². The molecule has 0 bridgehead atoms. The van der Waals surface area contributed by atoms with Gasteiger partial charge in [-0.25, -0.2) is 0 Å². The van der Waals surface area contributed by atoms with Gasteiger partial charge in [-0.05, 0) is 69.6 Å². The van der Waals surface area contributed by atoms with Gasteiger partial charge in [0.05, 0.1) is 5.03 Å². The summed E-state index contributed by atoms with van der Waals surface area (Å²) in [7, 11) is 15.5. The lowest BCUT2D eigenvalue weighted by Crippen LogP contribution is -1.92. The van der Waals surface area contributed by atoms with E-state index in [-0.39, 0.29) is 14.4 Å². The maximum absolute atomic E-state index is 2.65. The Balaban J connectivity index is 1.70. The smallest absolute Gasteiger partial charge is 0.0504 e. The minimum absolute atomic E-state index is 0.0284. The molecular weight excluding hydrogens is 468 g/mol. The number of rotatable bonds is 3. The Bertz CT molecular complexity index is 775. The van der Waals surface area contributed by atoms with Gasteiger partial charge < -0.3 is 0 Å². The van der Waals surface area contributed by atoms with E-state index in [9.17, 15) is 0 Å². The van der Waals surface area contributed by atoms with Gasteiger partial charge in [-0.15, -0.1) is 7.87 Å². The molecule has 0 N–H and O–H groups in total. The van der Waals surface area contributed by atoms with Gasteiger partial charge in [-0.3, -0.25) is 0 Å². The molecule has 1 aliphatic rings. The molecule has 3 atom stereocenters. The molecule has 0 amide bonds. The molecule has 4 heterocycles. The van der Waals surface area contributed by atoms with Crippen molar-refractivity contribution in [3.05, 3.63) is 22.7 Å². The molecule has 0 aliphatic carbocycles. The zero-order valence-electron chi connectivity index (χ0n) is 9.73. The van der Waals surface area contributed by atoms with Crippen LogP contribution in [-0.4, -0.2) is 10.1 Å². The monoisotopic (exact) mass is 473 g/mol. The third-order valence-electron chi connectivity index (χ3n) is 2.44. The normalized spacial score (nSPS) is 21.8. The molecular formula is C8H5P12. The van der Waals surface area contributed by atoms with Crippen LogP contribution in [0.25, 0.3) is 10.1 Å². The summed E-state index contributed by atoms with van der Waals surface area (Å²) in [6, 6.07) is 0. The van der Waals surface area contributed by atoms with Crippen molar-refractivity contribution in [2.24, 2.45) is 0 Å². The molecule has 12 heteroatoms. The highest BCUT2D eigenvalue weighted by molar-refractivity contribution is 8.53. The highest BCUT2D eigenvalue weighted by atomic mass is 32.4. The van der Waals surface area contributed by atoms with Gasteiger partial charge in [-0.1, -0.05) is 30.8 Å². The van der Waals surface area contributed by atoms with Gasteiger partial charge in [0.15, 0.2) is 0 Å². The molecule has 1 aliphatic heterocycles. The first-order chi connectivity index (χ1) is 9.92. The summed E-state index contributed by atoms with van der Waals surface area (Å²) in [5, 5.41) is 7.17. The van der Waals surface area contributed by atoms with E-state index in [1.165, 1.54) is 16.1 Å². The fraction of sp³-hybridized carbons (Fsp3) is 0. The quantitative estimate of drug-likeness (QED) is 0.332. The maximum Gasteiger partial charge on any atom is 0.0504 e. The lowest BCUT2D eigenvalue weighted by molar-refractivity contribution is 2.38. The van der Waals surface area contributed by atoms with E-state index in [0.717, 1.165) is 7.87 Å². The Morgan fingerprint density at radius 2 is 1.90 bits per heavy atom. The fourth-order valence-corrected chi connectivity index (χ4v) is 38.2. The summed E-state index contributed by atoms with van der Waals surface area (Å²) < 4.78 is 0. The Kier molecular flexibility index (Phi) is 6.24. The van der Waals surface area contributed by atoms with Crippen molar-refractivity contribution in [2.75, 3.05) is 0 Å². The van der Waals surface area contributed by atoms with Gasteiger partial charge >= 0.3 is 0 Å². The van der Waals surface area contributed by atoms with Gasteiger partial charge in [0.25, 0.3) is 0 Å². The first kappa shape index (κ1) is 16.2. The summed E-state index contributed by atoms with van der Waals surface area (Å²) in [6.45, 7) is 0. The Labute approximate surface area is 135 Å². The zero-order chi connectivity index (χ0) is 13.4. The topological polar surface area (TPSA) is 0 Å². The summed E-state index contributed by atoms with van der Waals surface area (Å²) in [5.41, 5.74) is 5.10. The second kappa shape index (κ2) is 7.72. The van der Waals surface area contributed by atoms with Crippen molar-refractivity contribution in [1.82, 2.24) is 0 Å². The molecule has 97 valence electrons. The molecule has 1 radical (unpaired) electrons. The van der Waals surface area contributed by atoms with Gasteiger partial charge in [0.1, 0.15) is 0 Å². The number of hydrogen-bond donors (Lipinski definition) is 0. The lowest BCUT2D eigenvalue weighted by atomic mass is 10.9. The second-order valence-electron chi connectivity index (χ2n) is 3.62. The average Bonchev–Trinajstić information content (AvgIpc) is 3.23. The van der Waals surface area contributed by atoms with Crippen molar-refractivity contribution < 1.29 is 0 Å². The molecule has 0 fully saturated rings. The van der Waals surface area contributed by atoms with E-state index in [2.05, 4.69) is 22.7 Å². The summed E-state index contributed by atoms with van der Waals surface area (Å²) in [6.07, 6.45) is 0. The predicted molar refractivity (Wildman–Crippen MR) is 120 cm³/mol. The molecule has 3 aromatic heterocycles. The minimum atomic E-state index is 0.0284. The third kappa shape index (κ3) is 3.53. The van der Waals surface area contributed by atoms with Crippen molar-refractivity contribution >= 4 is 104 Å². The first-order valence-corrected chi connectivity index (χ1v) is 22.0. The van der Waals surface area contributed by atoms with Crippen LogP contribution in [0.4, 0.5) is 0 Å². The molecule has 0 saturated carbocycles. The average molecular weight is 473 g/mol. The Morgan fingerprint density at radius 1 is 1.00 bits per heavy atom. The summed E-state index contributed by atoms with van der Waals surface area (Å²) in [4.78, 5) is 0.